The topological polar surface area (TPSA) is 45.2 Å². The van der Waals surface area contributed by atoms with Gasteiger partial charge in [0.25, 0.3) is 5.91 Å². The maximum atomic E-state index is 12.4. The highest BCUT2D eigenvalue weighted by Gasteiger charge is 2.18. The number of carbonyl (C=O) groups excluding carboxylic acids is 1. The van der Waals surface area contributed by atoms with Gasteiger partial charge in [0.1, 0.15) is 5.69 Å². The van der Waals surface area contributed by atoms with Gasteiger partial charge < -0.3 is 10.2 Å². The number of hydrogen-bond donors (Lipinski definition) is 1. The number of hydrogen-bond acceptors (Lipinski definition) is 3. The van der Waals surface area contributed by atoms with Crippen LogP contribution in [0.15, 0.2) is 36.5 Å². The summed E-state index contributed by atoms with van der Waals surface area (Å²) in [6.45, 7) is 5.89. The second kappa shape index (κ2) is 6.82. The Kier molecular flexibility index (Phi) is 4.60. The molecule has 0 spiro atoms. The van der Waals surface area contributed by atoms with Crippen LogP contribution in [0.25, 0.3) is 0 Å². The summed E-state index contributed by atoms with van der Waals surface area (Å²) >= 11 is 0. The predicted molar refractivity (Wildman–Crippen MR) is 93.2 cm³/mol. The number of aromatic nitrogens is 1. The molecule has 0 radical (unpaired) electrons. The van der Waals surface area contributed by atoms with Gasteiger partial charge in [-0.05, 0) is 62.4 Å². The zero-order valence-corrected chi connectivity index (χ0v) is 13.8. The van der Waals surface area contributed by atoms with Crippen LogP contribution in [0, 0.1) is 13.8 Å². The molecule has 4 nitrogen and oxygen atoms in total. The summed E-state index contributed by atoms with van der Waals surface area (Å²) in [5.74, 6) is 0.0444. The number of anilines is 2. The summed E-state index contributed by atoms with van der Waals surface area (Å²) in [5.41, 5.74) is 4.97. The average Bonchev–Trinajstić information content (AvgIpc) is 2.60. The summed E-state index contributed by atoms with van der Waals surface area (Å²) in [5, 5.41) is 3.37. The van der Waals surface area contributed by atoms with Crippen LogP contribution in [0.3, 0.4) is 0 Å². The SMILES string of the molecule is Cc1cccc(Nc2ccc(C(=O)N3CCCCC3)nc2)c1C. The third kappa shape index (κ3) is 3.52. The van der Waals surface area contributed by atoms with E-state index < -0.39 is 0 Å². The molecule has 1 aromatic carbocycles. The van der Waals surface area contributed by atoms with Gasteiger partial charge in [-0.25, -0.2) is 4.98 Å². The quantitative estimate of drug-likeness (QED) is 0.929. The molecular weight excluding hydrogens is 286 g/mol. The van der Waals surface area contributed by atoms with E-state index in [0.29, 0.717) is 5.69 Å². The van der Waals surface area contributed by atoms with Gasteiger partial charge in [-0.1, -0.05) is 12.1 Å². The van der Waals surface area contributed by atoms with E-state index in [2.05, 4.69) is 36.3 Å². The summed E-state index contributed by atoms with van der Waals surface area (Å²) in [7, 11) is 0. The van der Waals surface area contributed by atoms with E-state index in [1.165, 1.54) is 17.5 Å². The standard InChI is InChI=1S/C19H23N3O/c1-14-7-6-8-17(15(14)2)21-16-9-10-18(20-13-16)19(23)22-11-4-3-5-12-22/h6-10,13,21H,3-5,11-12H2,1-2H3. The summed E-state index contributed by atoms with van der Waals surface area (Å²) < 4.78 is 0. The molecule has 0 aliphatic carbocycles. The Labute approximate surface area is 137 Å². The van der Waals surface area contributed by atoms with Gasteiger partial charge in [0, 0.05) is 18.8 Å². The Hall–Kier alpha value is -2.36. The first-order chi connectivity index (χ1) is 11.1. The average molecular weight is 309 g/mol. The van der Waals surface area contributed by atoms with Crippen molar-refractivity contribution >= 4 is 17.3 Å². The molecule has 0 bridgehead atoms. The molecule has 1 amide bonds. The Bertz CT molecular complexity index is 688. The van der Waals surface area contributed by atoms with Crippen LogP contribution < -0.4 is 5.32 Å². The smallest absolute Gasteiger partial charge is 0.272 e. The number of nitrogens with zero attached hydrogens (tertiary/aromatic N) is 2. The monoisotopic (exact) mass is 309 g/mol. The lowest BCUT2D eigenvalue weighted by Gasteiger charge is -2.26. The Morgan fingerprint density at radius 2 is 1.87 bits per heavy atom. The molecule has 1 aromatic heterocycles. The lowest BCUT2D eigenvalue weighted by atomic mass is 10.1. The fourth-order valence-corrected chi connectivity index (χ4v) is 2.90. The first-order valence-corrected chi connectivity index (χ1v) is 8.24. The summed E-state index contributed by atoms with van der Waals surface area (Å²) in [4.78, 5) is 18.7. The number of amides is 1. The van der Waals surface area contributed by atoms with Gasteiger partial charge in [-0.15, -0.1) is 0 Å². The first kappa shape index (κ1) is 15.5. The third-order valence-electron chi connectivity index (χ3n) is 4.51. The van der Waals surface area contributed by atoms with Crippen LogP contribution in [0.4, 0.5) is 11.4 Å². The molecule has 4 heteroatoms. The fourth-order valence-electron chi connectivity index (χ4n) is 2.90. The maximum absolute atomic E-state index is 12.4. The largest absolute Gasteiger partial charge is 0.354 e. The van der Waals surface area contributed by atoms with Crippen molar-refractivity contribution in [2.24, 2.45) is 0 Å². The van der Waals surface area contributed by atoms with Crippen LogP contribution in [-0.2, 0) is 0 Å². The molecule has 2 aromatic rings. The highest BCUT2D eigenvalue weighted by Crippen LogP contribution is 2.22. The summed E-state index contributed by atoms with van der Waals surface area (Å²) in [6, 6.07) is 9.91. The molecular formula is C19H23N3O. The van der Waals surface area contributed by atoms with Crippen LogP contribution in [0.1, 0.15) is 40.9 Å². The van der Waals surface area contributed by atoms with Crippen molar-refractivity contribution in [2.45, 2.75) is 33.1 Å². The molecule has 1 aliphatic heterocycles. The molecule has 120 valence electrons. The van der Waals surface area contributed by atoms with Gasteiger partial charge in [-0.3, -0.25) is 4.79 Å². The fraction of sp³-hybridized carbons (Fsp3) is 0.368. The number of rotatable bonds is 3. The van der Waals surface area contributed by atoms with E-state index in [1.807, 2.05) is 23.1 Å². The lowest BCUT2D eigenvalue weighted by molar-refractivity contribution is 0.0718. The molecule has 1 fully saturated rings. The molecule has 0 unspecified atom stereocenters. The van der Waals surface area contributed by atoms with E-state index in [0.717, 1.165) is 37.3 Å². The molecule has 3 rings (SSSR count). The molecule has 2 heterocycles. The van der Waals surface area contributed by atoms with E-state index in [1.54, 1.807) is 6.20 Å². The molecule has 1 N–H and O–H groups in total. The number of benzene rings is 1. The number of pyridine rings is 1. The Morgan fingerprint density at radius 1 is 1.09 bits per heavy atom. The number of likely N-dealkylation sites (tertiary alicyclic amines) is 1. The number of piperidine rings is 1. The van der Waals surface area contributed by atoms with Crippen molar-refractivity contribution in [3.8, 4) is 0 Å². The zero-order chi connectivity index (χ0) is 16.2. The van der Waals surface area contributed by atoms with Crippen molar-refractivity contribution in [3.05, 3.63) is 53.3 Å². The first-order valence-electron chi connectivity index (χ1n) is 8.24. The number of nitrogens with one attached hydrogen (secondary N) is 1. The third-order valence-corrected chi connectivity index (χ3v) is 4.51. The van der Waals surface area contributed by atoms with E-state index >= 15 is 0 Å². The minimum atomic E-state index is 0.0444. The van der Waals surface area contributed by atoms with Crippen molar-refractivity contribution in [1.29, 1.82) is 0 Å². The molecule has 1 saturated heterocycles. The zero-order valence-electron chi connectivity index (χ0n) is 13.8. The summed E-state index contributed by atoms with van der Waals surface area (Å²) in [6.07, 6.45) is 5.14. The van der Waals surface area contributed by atoms with Gasteiger partial charge in [-0.2, -0.15) is 0 Å². The molecule has 0 atom stereocenters. The van der Waals surface area contributed by atoms with Crippen LogP contribution in [0.2, 0.25) is 0 Å². The predicted octanol–water partition coefficient (Wildman–Crippen LogP) is 4.07. The highest BCUT2D eigenvalue weighted by molar-refractivity contribution is 5.92. The van der Waals surface area contributed by atoms with Gasteiger partial charge in [0.05, 0.1) is 11.9 Å². The van der Waals surface area contributed by atoms with Gasteiger partial charge >= 0.3 is 0 Å². The lowest BCUT2D eigenvalue weighted by Crippen LogP contribution is -2.36. The molecule has 1 aliphatic rings. The Morgan fingerprint density at radius 3 is 2.57 bits per heavy atom. The normalized spacial score (nSPS) is 14.6. The van der Waals surface area contributed by atoms with Crippen molar-refractivity contribution < 1.29 is 4.79 Å². The molecule has 0 saturated carbocycles. The van der Waals surface area contributed by atoms with Gasteiger partial charge in [0.15, 0.2) is 0 Å². The van der Waals surface area contributed by atoms with Crippen molar-refractivity contribution in [3.63, 3.8) is 0 Å². The van der Waals surface area contributed by atoms with Crippen LogP contribution in [-0.4, -0.2) is 28.9 Å². The second-order valence-corrected chi connectivity index (χ2v) is 6.16. The van der Waals surface area contributed by atoms with E-state index in [4.69, 9.17) is 0 Å². The maximum Gasteiger partial charge on any atom is 0.272 e. The minimum Gasteiger partial charge on any atom is -0.354 e. The Balaban J connectivity index is 1.71. The van der Waals surface area contributed by atoms with E-state index in [-0.39, 0.29) is 5.91 Å². The van der Waals surface area contributed by atoms with Gasteiger partial charge in [0.2, 0.25) is 0 Å². The van der Waals surface area contributed by atoms with Crippen molar-refractivity contribution in [1.82, 2.24) is 9.88 Å². The molecule has 23 heavy (non-hydrogen) atoms. The number of carbonyl (C=O) groups is 1. The van der Waals surface area contributed by atoms with Crippen LogP contribution >= 0.6 is 0 Å². The van der Waals surface area contributed by atoms with E-state index in [9.17, 15) is 4.79 Å². The number of aryl methyl sites for hydroxylation is 1. The second-order valence-electron chi connectivity index (χ2n) is 6.16. The highest BCUT2D eigenvalue weighted by atomic mass is 16.2. The van der Waals surface area contributed by atoms with Crippen molar-refractivity contribution in [2.75, 3.05) is 18.4 Å². The minimum absolute atomic E-state index is 0.0444. The van der Waals surface area contributed by atoms with Crippen LogP contribution in [0.5, 0.6) is 0 Å².